The molecule has 0 N–H and O–H groups in total. The van der Waals surface area contributed by atoms with E-state index in [2.05, 4.69) is 17.6 Å². The molecule has 1 nitrogen and oxygen atoms in total. The number of hydrogen-bond donors (Lipinski definition) is 1. The lowest BCUT2D eigenvalue weighted by molar-refractivity contribution is 1.19. The molecule has 8 heavy (non-hydrogen) atoms. The van der Waals surface area contributed by atoms with Crippen molar-refractivity contribution in [1.29, 1.82) is 0 Å². The molecule has 0 saturated carbocycles. The van der Waals surface area contributed by atoms with Gasteiger partial charge in [0.2, 0.25) is 0 Å². The Balaban J connectivity index is 2.84. The highest BCUT2D eigenvalue weighted by Crippen LogP contribution is 2.09. The van der Waals surface area contributed by atoms with E-state index in [1.807, 2.05) is 12.3 Å². The Hall–Kier alpha value is -0.0200. The van der Waals surface area contributed by atoms with Crippen LogP contribution >= 0.6 is 24.0 Å². The highest BCUT2D eigenvalue weighted by atomic mass is 32.1. The molecule has 0 fully saturated rings. The first-order chi connectivity index (χ1) is 3.83. The molecule has 1 heterocycles. The molecule has 1 aromatic rings. The molecular formula is C5H7NS2. The number of thiol groups is 1. The van der Waals surface area contributed by atoms with Crippen LogP contribution in [0.25, 0.3) is 0 Å². The summed E-state index contributed by atoms with van der Waals surface area (Å²) in [6.07, 6.45) is 0. The third-order valence-corrected chi connectivity index (χ3v) is 2.28. The standard InChI is InChI=1S/C5H7NS2/c1-4-3-8-5(2-7)6-4/h3,7H,2H2,1H3. The van der Waals surface area contributed by atoms with Gasteiger partial charge in [0.15, 0.2) is 0 Å². The van der Waals surface area contributed by atoms with Gasteiger partial charge in [0.05, 0.1) is 0 Å². The molecule has 0 radical (unpaired) electrons. The first-order valence-electron chi connectivity index (χ1n) is 2.35. The van der Waals surface area contributed by atoms with Gasteiger partial charge in [-0.3, -0.25) is 0 Å². The summed E-state index contributed by atoms with van der Waals surface area (Å²) in [5.41, 5.74) is 1.10. The second-order valence-corrected chi connectivity index (χ2v) is 2.80. The largest absolute Gasteiger partial charge is 0.246 e. The molecule has 1 rings (SSSR count). The van der Waals surface area contributed by atoms with Crippen LogP contribution in [0.2, 0.25) is 0 Å². The molecular weight excluding hydrogens is 138 g/mol. The number of aryl methyl sites for hydroxylation is 1. The first-order valence-corrected chi connectivity index (χ1v) is 3.86. The second-order valence-electron chi connectivity index (χ2n) is 1.54. The van der Waals surface area contributed by atoms with Crippen molar-refractivity contribution in [3.63, 3.8) is 0 Å². The van der Waals surface area contributed by atoms with E-state index in [0.717, 1.165) is 16.5 Å². The Morgan fingerprint density at radius 1 is 1.88 bits per heavy atom. The zero-order valence-electron chi connectivity index (χ0n) is 4.59. The Bertz CT molecular complexity index is 171. The lowest BCUT2D eigenvalue weighted by Crippen LogP contribution is -1.73. The van der Waals surface area contributed by atoms with Crippen molar-refractivity contribution < 1.29 is 0 Å². The Kier molecular flexibility index (Phi) is 1.91. The Morgan fingerprint density at radius 3 is 2.88 bits per heavy atom. The highest BCUT2D eigenvalue weighted by Gasteiger charge is 1.91. The summed E-state index contributed by atoms with van der Waals surface area (Å²) >= 11 is 5.73. The summed E-state index contributed by atoms with van der Waals surface area (Å²) in [4.78, 5) is 4.17. The molecule has 0 bridgehead atoms. The lowest BCUT2D eigenvalue weighted by Gasteiger charge is -1.78. The average Bonchev–Trinajstić information content (AvgIpc) is 2.14. The fourth-order valence-corrected chi connectivity index (χ4v) is 1.40. The number of nitrogens with zero attached hydrogens (tertiary/aromatic N) is 1. The van der Waals surface area contributed by atoms with Crippen molar-refractivity contribution in [2.45, 2.75) is 12.7 Å². The zero-order chi connectivity index (χ0) is 5.98. The molecule has 0 atom stereocenters. The number of aromatic nitrogens is 1. The van der Waals surface area contributed by atoms with Crippen molar-refractivity contribution >= 4 is 24.0 Å². The van der Waals surface area contributed by atoms with Crippen LogP contribution in [0, 0.1) is 6.92 Å². The summed E-state index contributed by atoms with van der Waals surface area (Å²) in [5, 5.41) is 3.14. The van der Waals surface area contributed by atoms with Gasteiger partial charge in [-0.1, -0.05) is 0 Å². The molecule has 44 valence electrons. The SMILES string of the molecule is Cc1csc(CS)n1. The fraction of sp³-hybridized carbons (Fsp3) is 0.400. The van der Waals surface area contributed by atoms with Gasteiger partial charge >= 0.3 is 0 Å². The van der Waals surface area contributed by atoms with E-state index in [4.69, 9.17) is 0 Å². The maximum absolute atomic E-state index is 4.17. The van der Waals surface area contributed by atoms with Crippen LogP contribution < -0.4 is 0 Å². The average molecular weight is 145 g/mol. The number of hydrogen-bond acceptors (Lipinski definition) is 3. The van der Waals surface area contributed by atoms with Crippen molar-refractivity contribution in [3.8, 4) is 0 Å². The van der Waals surface area contributed by atoms with E-state index in [1.165, 1.54) is 0 Å². The normalized spacial score (nSPS) is 9.75. The predicted octanol–water partition coefficient (Wildman–Crippen LogP) is 1.88. The molecule has 0 saturated heterocycles. The quantitative estimate of drug-likeness (QED) is 0.595. The van der Waals surface area contributed by atoms with Crippen molar-refractivity contribution in [1.82, 2.24) is 4.98 Å². The van der Waals surface area contributed by atoms with E-state index in [0.29, 0.717) is 0 Å². The van der Waals surface area contributed by atoms with Crippen LogP contribution in [0.4, 0.5) is 0 Å². The van der Waals surface area contributed by atoms with Gasteiger partial charge < -0.3 is 0 Å². The molecule has 0 unspecified atom stereocenters. The van der Waals surface area contributed by atoms with Gasteiger partial charge in [-0.05, 0) is 6.92 Å². The minimum atomic E-state index is 0.762. The number of rotatable bonds is 1. The van der Waals surface area contributed by atoms with Crippen LogP contribution in [-0.4, -0.2) is 4.98 Å². The Morgan fingerprint density at radius 2 is 2.62 bits per heavy atom. The molecule has 0 aliphatic rings. The van der Waals surface area contributed by atoms with E-state index in [-0.39, 0.29) is 0 Å². The van der Waals surface area contributed by atoms with Crippen LogP contribution in [0.1, 0.15) is 10.7 Å². The summed E-state index contributed by atoms with van der Waals surface area (Å²) in [6, 6.07) is 0. The summed E-state index contributed by atoms with van der Waals surface area (Å²) in [5.74, 6) is 0.762. The molecule has 0 spiro atoms. The van der Waals surface area contributed by atoms with E-state index >= 15 is 0 Å². The summed E-state index contributed by atoms with van der Waals surface area (Å²) < 4.78 is 0. The topological polar surface area (TPSA) is 12.9 Å². The van der Waals surface area contributed by atoms with E-state index in [9.17, 15) is 0 Å². The minimum Gasteiger partial charge on any atom is -0.246 e. The van der Waals surface area contributed by atoms with Gasteiger partial charge in [0, 0.05) is 16.8 Å². The third kappa shape index (κ3) is 1.23. The third-order valence-electron chi connectivity index (χ3n) is 0.802. The summed E-state index contributed by atoms with van der Waals surface area (Å²) in [7, 11) is 0. The molecule has 0 aliphatic carbocycles. The van der Waals surface area contributed by atoms with Gasteiger partial charge in [-0.25, -0.2) is 4.98 Å². The zero-order valence-corrected chi connectivity index (χ0v) is 6.30. The molecule has 1 aromatic heterocycles. The first kappa shape index (κ1) is 6.11. The Labute approximate surface area is 58.2 Å². The van der Waals surface area contributed by atoms with Gasteiger partial charge in [0.1, 0.15) is 5.01 Å². The van der Waals surface area contributed by atoms with E-state index < -0.39 is 0 Å². The van der Waals surface area contributed by atoms with Crippen LogP contribution in [-0.2, 0) is 5.75 Å². The molecule has 0 aliphatic heterocycles. The second kappa shape index (κ2) is 2.51. The van der Waals surface area contributed by atoms with Gasteiger partial charge in [0.25, 0.3) is 0 Å². The molecule has 3 heteroatoms. The smallest absolute Gasteiger partial charge is 0.102 e. The minimum absolute atomic E-state index is 0.762. The van der Waals surface area contributed by atoms with Gasteiger partial charge in [-0.2, -0.15) is 12.6 Å². The van der Waals surface area contributed by atoms with Crippen LogP contribution in [0.3, 0.4) is 0 Å². The van der Waals surface area contributed by atoms with Crippen LogP contribution in [0.15, 0.2) is 5.38 Å². The van der Waals surface area contributed by atoms with Crippen molar-refractivity contribution in [3.05, 3.63) is 16.1 Å². The summed E-state index contributed by atoms with van der Waals surface area (Å²) in [6.45, 7) is 1.99. The maximum atomic E-state index is 4.17. The van der Waals surface area contributed by atoms with Crippen LogP contribution in [0.5, 0.6) is 0 Å². The van der Waals surface area contributed by atoms with E-state index in [1.54, 1.807) is 11.3 Å². The lowest BCUT2D eigenvalue weighted by atomic mass is 10.6. The molecule has 0 aromatic carbocycles. The number of thiazole rings is 1. The monoisotopic (exact) mass is 145 g/mol. The molecule has 0 amide bonds. The van der Waals surface area contributed by atoms with Crippen molar-refractivity contribution in [2.24, 2.45) is 0 Å². The van der Waals surface area contributed by atoms with Gasteiger partial charge in [-0.15, -0.1) is 11.3 Å². The maximum Gasteiger partial charge on any atom is 0.102 e. The van der Waals surface area contributed by atoms with Crippen molar-refractivity contribution in [2.75, 3.05) is 0 Å². The predicted molar refractivity (Wildman–Crippen MR) is 39.5 cm³/mol. The fourth-order valence-electron chi connectivity index (χ4n) is 0.475. The highest BCUT2D eigenvalue weighted by molar-refractivity contribution is 7.79.